The van der Waals surface area contributed by atoms with Crippen molar-refractivity contribution in [3.05, 3.63) is 45.4 Å². The molecule has 0 unspecified atom stereocenters. The van der Waals surface area contributed by atoms with Crippen molar-refractivity contribution in [2.75, 3.05) is 24.8 Å². The first-order chi connectivity index (χ1) is 13.3. The van der Waals surface area contributed by atoms with Crippen LogP contribution in [-0.4, -0.2) is 30.6 Å². The number of carbonyl (C=O) groups is 2. The summed E-state index contributed by atoms with van der Waals surface area (Å²) in [5.41, 5.74) is 8.57. The van der Waals surface area contributed by atoms with Crippen LogP contribution in [-0.2, 0) is 9.53 Å². The molecule has 28 heavy (non-hydrogen) atoms. The predicted molar refractivity (Wildman–Crippen MR) is 110 cm³/mol. The molecular weight excluding hydrogens is 402 g/mol. The highest BCUT2D eigenvalue weighted by Gasteiger charge is 2.21. The molecule has 7 nitrogen and oxygen atoms in total. The van der Waals surface area contributed by atoms with Crippen LogP contribution in [0.2, 0.25) is 5.02 Å². The first-order valence-corrected chi connectivity index (χ1v) is 9.46. The van der Waals surface area contributed by atoms with Crippen LogP contribution >= 0.6 is 22.9 Å². The molecule has 1 amide bonds. The molecular formula is C19H18ClN3O4S. The van der Waals surface area contributed by atoms with Crippen molar-refractivity contribution in [1.82, 2.24) is 4.98 Å². The van der Waals surface area contributed by atoms with Crippen molar-refractivity contribution in [2.45, 2.75) is 13.8 Å². The van der Waals surface area contributed by atoms with Crippen LogP contribution in [0, 0.1) is 13.8 Å². The molecule has 0 bridgehead atoms. The van der Waals surface area contributed by atoms with Gasteiger partial charge in [0.05, 0.1) is 18.5 Å². The normalized spacial score (nSPS) is 10.7. The second-order valence-electron chi connectivity index (χ2n) is 6.07. The molecule has 9 heteroatoms. The Morgan fingerprint density at radius 3 is 2.75 bits per heavy atom. The molecule has 0 spiro atoms. The topological polar surface area (TPSA) is 104 Å². The van der Waals surface area contributed by atoms with Crippen molar-refractivity contribution in [3.63, 3.8) is 0 Å². The first-order valence-electron chi connectivity index (χ1n) is 8.27. The number of hydrogen-bond donors (Lipinski definition) is 2. The van der Waals surface area contributed by atoms with E-state index in [2.05, 4.69) is 10.3 Å². The van der Waals surface area contributed by atoms with Gasteiger partial charge in [0.25, 0.3) is 5.91 Å². The van der Waals surface area contributed by atoms with Gasteiger partial charge >= 0.3 is 5.97 Å². The van der Waals surface area contributed by atoms with Gasteiger partial charge in [-0.25, -0.2) is 9.78 Å². The zero-order chi connectivity index (χ0) is 20.4. The largest absolute Gasteiger partial charge is 0.495 e. The van der Waals surface area contributed by atoms with Crippen LogP contribution in [0.15, 0.2) is 24.3 Å². The highest BCUT2D eigenvalue weighted by Crippen LogP contribution is 2.35. The maximum atomic E-state index is 12.4. The second-order valence-corrected chi connectivity index (χ2v) is 7.51. The Balaban J connectivity index is 1.72. The number of hydrogen-bond acceptors (Lipinski definition) is 7. The lowest BCUT2D eigenvalue weighted by Gasteiger charge is -2.10. The van der Waals surface area contributed by atoms with Crippen LogP contribution in [0.4, 0.5) is 11.4 Å². The van der Waals surface area contributed by atoms with Crippen LogP contribution in [0.25, 0.3) is 10.2 Å². The van der Waals surface area contributed by atoms with E-state index in [1.54, 1.807) is 18.2 Å². The van der Waals surface area contributed by atoms with E-state index in [1.807, 2.05) is 19.9 Å². The number of methoxy groups -OCH3 is 1. The number of nitrogen functional groups attached to an aromatic ring is 1. The summed E-state index contributed by atoms with van der Waals surface area (Å²) in [6.45, 7) is 3.30. The second kappa shape index (κ2) is 8.04. The van der Waals surface area contributed by atoms with Gasteiger partial charge in [0.2, 0.25) is 0 Å². The number of nitrogens with two attached hydrogens (primary N) is 1. The lowest BCUT2D eigenvalue weighted by molar-refractivity contribution is -0.119. The standard InChI is InChI=1S/C19H18ClN3O4S/c1-9-6-10(2)22-18-15(9)16(21)17(28-18)19(25)27-8-14(24)23-12-7-11(20)4-5-13(12)26-3/h4-7H,8,21H2,1-3H3,(H,23,24). The molecule has 0 atom stereocenters. The van der Waals surface area contributed by atoms with Gasteiger partial charge in [-0.1, -0.05) is 11.6 Å². The first kappa shape index (κ1) is 19.9. The number of aromatic nitrogens is 1. The molecule has 0 aliphatic rings. The Hall–Kier alpha value is -2.84. The fraction of sp³-hybridized carbons (Fsp3) is 0.211. The van der Waals surface area contributed by atoms with E-state index in [4.69, 9.17) is 26.8 Å². The summed E-state index contributed by atoms with van der Waals surface area (Å²) in [6, 6.07) is 6.70. The van der Waals surface area contributed by atoms with Gasteiger partial charge in [0.15, 0.2) is 6.61 Å². The number of halogens is 1. The molecule has 3 aromatic rings. The number of carbonyl (C=O) groups excluding carboxylic acids is 2. The molecule has 2 aromatic heterocycles. The number of rotatable bonds is 5. The Labute approximate surface area is 170 Å². The Kier molecular flexibility index (Phi) is 5.71. The lowest BCUT2D eigenvalue weighted by Crippen LogP contribution is -2.21. The molecule has 146 valence electrons. The summed E-state index contributed by atoms with van der Waals surface area (Å²) in [7, 11) is 1.47. The minimum absolute atomic E-state index is 0.226. The fourth-order valence-corrected chi connectivity index (χ4v) is 4.06. The van der Waals surface area contributed by atoms with Crippen molar-refractivity contribution >= 4 is 56.4 Å². The molecule has 3 N–H and O–H groups in total. The van der Waals surface area contributed by atoms with Gasteiger partial charge in [-0.05, 0) is 43.7 Å². The summed E-state index contributed by atoms with van der Waals surface area (Å²) in [5, 5.41) is 3.77. The number of anilines is 2. The number of ether oxygens (including phenoxy) is 2. The summed E-state index contributed by atoms with van der Waals surface area (Å²) >= 11 is 7.08. The highest BCUT2D eigenvalue weighted by atomic mass is 35.5. The molecule has 0 radical (unpaired) electrons. The third-order valence-corrected chi connectivity index (χ3v) is 5.29. The molecule has 0 saturated carbocycles. The number of nitrogens with one attached hydrogen (secondary N) is 1. The van der Waals surface area contributed by atoms with Crippen molar-refractivity contribution in [1.29, 1.82) is 0 Å². The number of aryl methyl sites for hydroxylation is 2. The molecule has 1 aromatic carbocycles. The van der Waals surface area contributed by atoms with E-state index >= 15 is 0 Å². The zero-order valence-corrected chi connectivity index (χ0v) is 17.0. The Bertz CT molecular complexity index is 1080. The van der Waals surface area contributed by atoms with Crippen molar-refractivity contribution in [3.8, 4) is 5.75 Å². The third-order valence-electron chi connectivity index (χ3n) is 3.98. The summed E-state index contributed by atoms with van der Waals surface area (Å²) < 4.78 is 10.3. The van der Waals surface area contributed by atoms with Gasteiger partial charge in [0.1, 0.15) is 15.5 Å². The van der Waals surface area contributed by atoms with E-state index in [-0.39, 0.29) is 4.88 Å². The van der Waals surface area contributed by atoms with Crippen LogP contribution in [0.1, 0.15) is 20.9 Å². The number of fused-ring (bicyclic) bond motifs is 1. The zero-order valence-electron chi connectivity index (χ0n) is 15.5. The van der Waals surface area contributed by atoms with E-state index in [0.717, 1.165) is 28.0 Å². The van der Waals surface area contributed by atoms with Gasteiger partial charge < -0.3 is 20.5 Å². The van der Waals surface area contributed by atoms with Gasteiger partial charge in [-0.3, -0.25) is 4.79 Å². The number of nitrogens with zero attached hydrogens (tertiary/aromatic N) is 1. The van der Waals surface area contributed by atoms with E-state index < -0.39 is 18.5 Å². The van der Waals surface area contributed by atoms with Crippen LogP contribution < -0.4 is 15.8 Å². The predicted octanol–water partition coefficient (Wildman–Crippen LogP) is 3.95. The van der Waals surface area contributed by atoms with E-state index in [0.29, 0.717) is 27.0 Å². The minimum Gasteiger partial charge on any atom is -0.495 e. The number of pyridine rings is 1. The third kappa shape index (κ3) is 4.02. The summed E-state index contributed by atoms with van der Waals surface area (Å²) in [6.07, 6.45) is 0. The van der Waals surface area contributed by atoms with Crippen molar-refractivity contribution < 1.29 is 19.1 Å². The molecule has 0 aliphatic carbocycles. The van der Waals surface area contributed by atoms with E-state index in [1.165, 1.54) is 7.11 Å². The molecule has 3 rings (SSSR count). The summed E-state index contributed by atoms with van der Waals surface area (Å²) in [5.74, 6) is -0.765. The average molecular weight is 420 g/mol. The van der Waals surface area contributed by atoms with E-state index in [9.17, 15) is 9.59 Å². The molecule has 0 saturated heterocycles. The van der Waals surface area contributed by atoms with Crippen LogP contribution in [0.5, 0.6) is 5.75 Å². The van der Waals surface area contributed by atoms with Crippen molar-refractivity contribution in [2.24, 2.45) is 0 Å². The Morgan fingerprint density at radius 2 is 2.04 bits per heavy atom. The van der Waals surface area contributed by atoms with Gasteiger partial charge in [0, 0.05) is 16.1 Å². The quantitative estimate of drug-likeness (QED) is 0.607. The molecule has 0 fully saturated rings. The number of thiophene rings is 1. The number of esters is 1. The monoisotopic (exact) mass is 419 g/mol. The maximum absolute atomic E-state index is 12.4. The minimum atomic E-state index is -0.675. The smallest absolute Gasteiger partial charge is 0.351 e. The fourth-order valence-electron chi connectivity index (χ4n) is 2.78. The Morgan fingerprint density at radius 1 is 1.29 bits per heavy atom. The summed E-state index contributed by atoms with van der Waals surface area (Å²) in [4.78, 5) is 29.9. The maximum Gasteiger partial charge on any atom is 0.351 e. The number of amides is 1. The van der Waals surface area contributed by atoms with Gasteiger partial charge in [-0.15, -0.1) is 11.3 Å². The van der Waals surface area contributed by atoms with Crippen LogP contribution in [0.3, 0.4) is 0 Å². The molecule has 2 heterocycles. The number of benzene rings is 1. The SMILES string of the molecule is COc1ccc(Cl)cc1NC(=O)COC(=O)c1sc2nc(C)cc(C)c2c1N. The highest BCUT2D eigenvalue weighted by molar-refractivity contribution is 7.21. The lowest BCUT2D eigenvalue weighted by atomic mass is 10.1. The average Bonchev–Trinajstić information content (AvgIpc) is 2.96. The van der Waals surface area contributed by atoms with Gasteiger partial charge in [-0.2, -0.15) is 0 Å². The molecule has 0 aliphatic heterocycles.